The molecule has 44 heavy (non-hydrogen) atoms. The molecule has 6 aromatic rings. The molecule has 218 valence electrons. The van der Waals surface area contributed by atoms with Gasteiger partial charge in [0.1, 0.15) is 5.75 Å². The van der Waals surface area contributed by atoms with Crippen LogP contribution in [-0.2, 0) is 4.43 Å². The molecular weight excluding hydrogens is 555 g/mol. The molecule has 0 fully saturated rings. The van der Waals surface area contributed by atoms with Crippen LogP contribution in [0.1, 0.15) is 43.9 Å². The van der Waals surface area contributed by atoms with Gasteiger partial charge in [-0.1, -0.05) is 154 Å². The summed E-state index contributed by atoms with van der Waals surface area (Å²) in [7, 11) is -2.87. The van der Waals surface area contributed by atoms with Crippen molar-refractivity contribution in [3.05, 3.63) is 168 Å². The standard InChI is InChI=1S/C40H37NO2Si/c1-40(2,3)44(36-18-9-5-10-19-36,37-20-11-6-12-21-37)43-39(33-16-7-4-8-17-33)42-35-29-24-31(25-30-35)23-27-34-28-26-32-15-13-14-22-38(32)41-34/h4-30,39H,1-3H3. The first kappa shape index (κ1) is 29.3. The van der Waals surface area contributed by atoms with Gasteiger partial charge in [-0.15, -0.1) is 0 Å². The molecule has 0 aliphatic carbocycles. The molecule has 0 radical (unpaired) electrons. The molecule has 0 bridgehead atoms. The van der Waals surface area contributed by atoms with Crippen molar-refractivity contribution >= 4 is 41.7 Å². The Morgan fingerprint density at radius 3 is 1.77 bits per heavy atom. The van der Waals surface area contributed by atoms with Gasteiger partial charge in [-0.05, 0) is 51.3 Å². The van der Waals surface area contributed by atoms with Crippen molar-refractivity contribution in [1.29, 1.82) is 0 Å². The number of para-hydroxylation sites is 1. The fourth-order valence-electron chi connectivity index (χ4n) is 5.76. The van der Waals surface area contributed by atoms with Gasteiger partial charge >= 0.3 is 0 Å². The molecule has 0 saturated heterocycles. The number of benzene rings is 5. The largest absolute Gasteiger partial charge is 0.462 e. The van der Waals surface area contributed by atoms with Gasteiger partial charge < -0.3 is 9.16 Å². The number of rotatable bonds is 9. The first-order chi connectivity index (χ1) is 21.4. The van der Waals surface area contributed by atoms with E-state index >= 15 is 0 Å². The minimum absolute atomic E-state index is 0.183. The first-order valence-corrected chi connectivity index (χ1v) is 17.0. The summed E-state index contributed by atoms with van der Waals surface area (Å²) >= 11 is 0. The van der Waals surface area contributed by atoms with Gasteiger partial charge in [0.15, 0.2) is 0 Å². The lowest BCUT2D eigenvalue weighted by atomic mass is 10.1. The summed E-state index contributed by atoms with van der Waals surface area (Å²) in [4.78, 5) is 4.76. The lowest BCUT2D eigenvalue weighted by Crippen LogP contribution is -2.67. The van der Waals surface area contributed by atoms with Crippen molar-refractivity contribution in [3.8, 4) is 5.75 Å². The van der Waals surface area contributed by atoms with E-state index in [0.717, 1.165) is 33.5 Å². The predicted octanol–water partition coefficient (Wildman–Crippen LogP) is 9.06. The molecule has 5 aromatic carbocycles. The Morgan fingerprint density at radius 2 is 1.16 bits per heavy atom. The summed E-state index contributed by atoms with van der Waals surface area (Å²) in [5.74, 6) is 0.748. The third-order valence-electron chi connectivity index (χ3n) is 7.96. The van der Waals surface area contributed by atoms with Crippen LogP contribution < -0.4 is 15.1 Å². The van der Waals surface area contributed by atoms with E-state index in [0.29, 0.717) is 0 Å². The maximum absolute atomic E-state index is 7.43. The summed E-state index contributed by atoms with van der Waals surface area (Å²) in [6.07, 6.45) is 3.51. The van der Waals surface area contributed by atoms with Crippen LogP contribution in [-0.4, -0.2) is 13.3 Å². The summed E-state index contributed by atoms with van der Waals surface area (Å²) in [6.45, 7) is 6.85. The summed E-state index contributed by atoms with van der Waals surface area (Å²) < 4.78 is 14.2. The highest BCUT2D eigenvalue weighted by atomic mass is 28.4. The van der Waals surface area contributed by atoms with Crippen molar-refractivity contribution in [2.24, 2.45) is 0 Å². The number of pyridine rings is 1. The Labute approximate surface area is 261 Å². The number of ether oxygens (including phenoxy) is 1. The number of hydrogen-bond acceptors (Lipinski definition) is 3. The van der Waals surface area contributed by atoms with E-state index in [9.17, 15) is 0 Å². The number of fused-ring (bicyclic) bond motifs is 1. The zero-order valence-corrected chi connectivity index (χ0v) is 26.4. The average Bonchev–Trinajstić information content (AvgIpc) is 3.07. The van der Waals surface area contributed by atoms with Gasteiger partial charge in [-0.25, -0.2) is 4.98 Å². The molecular formula is C40H37NO2Si. The quantitative estimate of drug-likeness (QED) is 0.124. The van der Waals surface area contributed by atoms with Crippen molar-refractivity contribution in [2.75, 3.05) is 0 Å². The second-order valence-corrected chi connectivity index (χ2v) is 16.2. The molecule has 0 aliphatic heterocycles. The fourth-order valence-corrected chi connectivity index (χ4v) is 10.3. The lowest BCUT2D eigenvalue weighted by molar-refractivity contribution is -0.00474. The molecule has 1 aromatic heterocycles. The topological polar surface area (TPSA) is 31.4 Å². The van der Waals surface area contributed by atoms with Crippen molar-refractivity contribution in [3.63, 3.8) is 0 Å². The van der Waals surface area contributed by atoms with E-state index in [1.54, 1.807) is 0 Å². The molecule has 0 spiro atoms. The minimum atomic E-state index is -2.87. The summed E-state index contributed by atoms with van der Waals surface area (Å²) in [5.41, 5.74) is 3.96. The number of hydrogen-bond donors (Lipinski definition) is 0. The molecule has 6 rings (SSSR count). The van der Waals surface area contributed by atoms with Gasteiger partial charge in [-0.2, -0.15) is 0 Å². The van der Waals surface area contributed by atoms with Gasteiger partial charge in [0.05, 0.1) is 11.2 Å². The lowest BCUT2D eigenvalue weighted by Gasteiger charge is -2.44. The predicted molar refractivity (Wildman–Crippen MR) is 186 cm³/mol. The molecule has 0 saturated carbocycles. The second kappa shape index (κ2) is 12.8. The molecule has 0 N–H and O–H groups in total. The first-order valence-electron chi connectivity index (χ1n) is 15.1. The van der Waals surface area contributed by atoms with Crippen LogP contribution in [0.5, 0.6) is 5.75 Å². The Kier molecular flexibility index (Phi) is 8.55. The minimum Gasteiger partial charge on any atom is -0.462 e. The van der Waals surface area contributed by atoms with Crippen LogP contribution in [0.4, 0.5) is 0 Å². The Balaban J connectivity index is 1.32. The van der Waals surface area contributed by atoms with Crippen molar-refractivity contribution < 1.29 is 9.16 Å². The smallest absolute Gasteiger partial charge is 0.266 e. The van der Waals surface area contributed by atoms with E-state index in [2.05, 4.69) is 124 Å². The van der Waals surface area contributed by atoms with E-state index in [1.165, 1.54) is 10.4 Å². The normalized spacial score (nSPS) is 12.8. The van der Waals surface area contributed by atoms with Crippen LogP contribution in [0.2, 0.25) is 5.04 Å². The second-order valence-electron chi connectivity index (χ2n) is 12.0. The highest BCUT2D eigenvalue weighted by Gasteiger charge is 2.52. The molecule has 0 amide bonds. The van der Waals surface area contributed by atoms with E-state index in [4.69, 9.17) is 14.1 Å². The van der Waals surface area contributed by atoms with Crippen molar-refractivity contribution in [2.45, 2.75) is 32.1 Å². The molecule has 3 nitrogen and oxygen atoms in total. The molecule has 1 atom stereocenters. The molecule has 1 heterocycles. The zero-order valence-electron chi connectivity index (χ0n) is 25.4. The number of nitrogens with zero attached hydrogens (tertiary/aromatic N) is 1. The highest BCUT2D eigenvalue weighted by Crippen LogP contribution is 2.40. The zero-order chi connectivity index (χ0) is 30.4. The van der Waals surface area contributed by atoms with Crippen LogP contribution in [0.15, 0.2) is 152 Å². The SMILES string of the molecule is CC(C)(C)[Si](OC(Oc1ccc(C=Cc2ccc3ccccc3n2)cc1)c1ccccc1)(c1ccccc1)c1ccccc1. The van der Waals surface area contributed by atoms with Crippen LogP contribution in [0.3, 0.4) is 0 Å². The average molecular weight is 592 g/mol. The van der Waals surface area contributed by atoms with Gasteiger partial charge in [-0.3, -0.25) is 0 Å². The Hall–Kier alpha value is -4.77. The van der Waals surface area contributed by atoms with Gasteiger partial charge in [0, 0.05) is 10.9 Å². The van der Waals surface area contributed by atoms with Crippen molar-refractivity contribution in [1.82, 2.24) is 4.98 Å². The third kappa shape index (κ3) is 6.28. The van der Waals surface area contributed by atoms with E-state index < -0.39 is 14.6 Å². The Morgan fingerprint density at radius 1 is 0.591 bits per heavy atom. The highest BCUT2D eigenvalue weighted by molar-refractivity contribution is 6.99. The molecule has 0 aliphatic rings. The molecule has 1 unspecified atom stereocenters. The Bertz CT molecular complexity index is 1790. The maximum Gasteiger partial charge on any atom is 0.266 e. The summed E-state index contributed by atoms with van der Waals surface area (Å²) in [5, 5.41) is 3.38. The monoisotopic (exact) mass is 591 g/mol. The fraction of sp³-hybridized carbons (Fsp3) is 0.125. The number of aromatic nitrogens is 1. The van der Waals surface area contributed by atoms with Crippen LogP contribution >= 0.6 is 0 Å². The maximum atomic E-state index is 7.43. The summed E-state index contributed by atoms with van der Waals surface area (Å²) in [6, 6.07) is 52.1. The van der Waals surface area contributed by atoms with Crippen LogP contribution in [0.25, 0.3) is 23.1 Å². The van der Waals surface area contributed by atoms with E-state index in [1.807, 2.05) is 60.7 Å². The third-order valence-corrected chi connectivity index (χ3v) is 12.9. The van der Waals surface area contributed by atoms with Gasteiger partial charge in [0.2, 0.25) is 6.29 Å². The molecule has 4 heteroatoms. The van der Waals surface area contributed by atoms with E-state index in [-0.39, 0.29) is 5.04 Å². The van der Waals surface area contributed by atoms with Gasteiger partial charge in [0.25, 0.3) is 8.32 Å². The van der Waals surface area contributed by atoms with Crippen LogP contribution in [0, 0.1) is 0 Å².